The summed E-state index contributed by atoms with van der Waals surface area (Å²) in [5.74, 6) is 0. The van der Waals surface area contributed by atoms with Crippen molar-refractivity contribution in [2.45, 2.75) is 57.9 Å². The van der Waals surface area contributed by atoms with Crippen LogP contribution >= 0.6 is 11.6 Å². The number of nitrogens with one attached hydrogen (secondary N) is 1. The lowest BCUT2D eigenvalue weighted by molar-refractivity contribution is 0.0571. The van der Waals surface area contributed by atoms with Gasteiger partial charge in [0, 0.05) is 16.8 Å². The lowest BCUT2D eigenvalue weighted by Crippen LogP contribution is -2.50. The van der Waals surface area contributed by atoms with E-state index in [-0.39, 0.29) is 0 Å². The summed E-state index contributed by atoms with van der Waals surface area (Å²) < 4.78 is 0. The molecule has 18 heavy (non-hydrogen) atoms. The molecule has 0 heterocycles. The Kier molecular flexibility index (Phi) is 3.27. The average Bonchev–Trinajstić information content (AvgIpc) is 2.37. The van der Waals surface area contributed by atoms with Gasteiger partial charge < -0.3 is 5.32 Å². The molecule has 1 N–H and O–H groups in total. The van der Waals surface area contributed by atoms with E-state index in [1.54, 1.807) is 0 Å². The average molecular weight is 264 g/mol. The van der Waals surface area contributed by atoms with E-state index >= 15 is 0 Å². The third-order valence-electron chi connectivity index (χ3n) is 5.04. The van der Waals surface area contributed by atoms with Gasteiger partial charge in [-0.15, -0.1) is 0 Å². The minimum Gasteiger partial charge on any atom is -0.382 e. The number of anilines is 1. The van der Waals surface area contributed by atoms with E-state index in [1.807, 2.05) is 6.07 Å². The Balaban J connectivity index is 1.72. The summed E-state index contributed by atoms with van der Waals surface area (Å²) in [6.07, 6.45) is 9.91. The van der Waals surface area contributed by atoms with Gasteiger partial charge in [0.1, 0.15) is 0 Å². The fourth-order valence-corrected chi connectivity index (χ4v) is 3.98. The van der Waals surface area contributed by atoms with Crippen molar-refractivity contribution >= 4 is 17.3 Å². The number of halogens is 1. The van der Waals surface area contributed by atoms with Crippen LogP contribution in [0.5, 0.6) is 0 Å². The maximum Gasteiger partial charge on any atom is 0.0410 e. The van der Waals surface area contributed by atoms with Gasteiger partial charge in [-0.2, -0.15) is 0 Å². The number of benzene rings is 1. The van der Waals surface area contributed by atoms with E-state index in [1.165, 1.54) is 56.2 Å². The Morgan fingerprint density at radius 2 is 1.94 bits per heavy atom. The van der Waals surface area contributed by atoms with E-state index in [9.17, 15) is 0 Å². The van der Waals surface area contributed by atoms with Crippen LogP contribution in [0.15, 0.2) is 18.2 Å². The molecular formula is C16H22ClN. The topological polar surface area (TPSA) is 12.0 Å². The Morgan fingerprint density at radius 3 is 2.56 bits per heavy atom. The normalized spacial score (nSPS) is 25.8. The summed E-state index contributed by atoms with van der Waals surface area (Å²) >= 11 is 6.02. The van der Waals surface area contributed by atoms with Crippen LogP contribution in [0.25, 0.3) is 0 Å². The first-order chi connectivity index (χ1) is 8.70. The number of hydrogen-bond acceptors (Lipinski definition) is 1. The summed E-state index contributed by atoms with van der Waals surface area (Å²) in [6.45, 7) is 2.14. The molecule has 0 saturated heterocycles. The van der Waals surface area contributed by atoms with Crippen molar-refractivity contribution in [1.29, 1.82) is 0 Å². The van der Waals surface area contributed by atoms with Crippen molar-refractivity contribution in [2.24, 2.45) is 5.41 Å². The van der Waals surface area contributed by atoms with E-state index in [0.717, 1.165) is 5.02 Å². The highest BCUT2D eigenvalue weighted by molar-refractivity contribution is 6.30. The molecule has 1 unspecified atom stereocenters. The van der Waals surface area contributed by atoms with Crippen molar-refractivity contribution in [3.63, 3.8) is 0 Å². The molecule has 1 atom stereocenters. The lowest BCUT2D eigenvalue weighted by Gasteiger charge is -2.53. The highest BCUT2D eigenvalue weighted by Crippen LogP contribution is 2.52. The van der Waals surface area contributed by atoms with Gasteiger partial charge in [-0.25, -0.2) is 0 Å². The second-order valence-corrected chi connectivity index (χ2v) is 6.55. The van der Waals surface area contributed by atoms with Crippen LogP contribution in [0.2, 0.25) is 5.02 Å². The van der Waals surface area contributed by atoms with Crippen LogP contribution in [0.1, 0.15) is 50.5 Å². The van der Waals surface area contributed by atoms with Gasteiger partial charge in [0.25, 0.3) is 0 Å². The van der Waals surface area contributed by atoms with Gasteiger partial charge in [0.05, 0.1) is 0 Å². The molecule has 0 radical (unpaired) electrons. The predicted molar refractivity (Wildman–Crippen MR) is 78.4 cm³/mol. The van der Waals surface area contributed by atoms with Gasteiger partial charge in [-0.3, -0.25) is 0 Å². The monoisotopic (exact) mass is 263 g/mol. The first-order valence-electron chi connectivity index (χ1n) is 7.22. The zero-order chi connectivity index (χ0) is 12.6. The maximum atomic E-state index is 6.02. The Bertz CT molecular complexity index is 435. The highest BCUT2D eigenvalue weighted by Gasteiger charge is 2.46. The van der Waals surface area contributed by atoms with Gasteiger partial charge >= 0.3 is 0 Å². The zero-order valence-corrected chi connectivity index (χ0v) is 11.9. The standard InChI is InChI=1S/C16H22ClN/c1-12-11-13(17)5-6-14(12)18-15-7-10-16(15)8-3-2-4-9-16/h5-6,11,15,18H,2-4,7-10H2,1H3. The second kappa shape index (κ2) is 4.77. The van der Waals surface area contributed by atoms with Crippen molar-refractivity contribution in [3.05, 3.63) is 28.8 Å². The van der Waals surface area contributed by atoms with Gasteiger partial charge in [0.2, 0.25) is 0 Å². The second-order valence-electron chi connectivity index (χ2n) is 6.12. The van der Waals surface area contributed by atoms with Gasteiger partial charge in [0.15, 0.2) is 0 Å². The molecule has 1 aromatic carbocycles. The Hall–Kier alpha value is -0.690. The molecule has 0 bridgehead atoms. The summed E-state index contributed by atoms with van der Waals surface area (Å²) in [5, 5.41) is 4.61. The molecule has 0 amide bonds. The highest BCUT2D eigenvalue weighted by atomic mass is 35.5. The minimum atomic E-state index is 0.615. The molecule has 98 valence electrons. The van der Waals surface area contributed by atoms with Crippen molar-refractivity contribution in [3.8, 4) is 0 Å². The number of aryl methyl sites for hydroxylation is 1. The van der Waals surface area contributed by atoms with Crippen LogP contribution in [-0.4, -0.2) is 6.04 Å². The van der Waals surface area contributed by atoms with E-state index < -0.39 is 0 Å². The van der Waals surface area contributed by atoms with E-state index in [4.69, 9.17) is 11.6 Å². The Morgan fingerprint density at radius 1 is 1.17 bits per heavy atom. The van der Waals surface area contributed by atoms with Gasteiger partial charge in [-0.05, 0) is 61.8 Å². The van der Waals surface area contributed by atoms with Crippen LogP contribution in [-0.2, 0) is 0 Å². The van der Waals surface area contributed by atoms with Crippen LogP contribution in [0, 0.1) is 12.3 Å². The van der Waals surface area contributed by atoms with E-state index in [0.29, 0.717) is 11.5 Å². The smallest absolute Gasteiger partial charge is 0.0410 e. The Labute approximate surface area is 115 Å². The van der Waals surface area contributed by atoms with Crippen LogP contribution < -0.4 is 5.32 Å². The molecule has 0 aromatic heterocycles. The molecule has 1 nitrogen and oxygen atoms in total. The fourth-order valence-electron chi connectivity index (χ4n) is 3.75. The molecule has 2 aliphatic rings. The molecule has 2 heteroatoms. The minimum absolute atomic E-state index is 0.615. The van der Waals surface area contributed by atoms with E-state index in [2.05, 4.69) is 24.4 Å². The van der Waals surface area contributed by atoms with Crippen molar-refractivity contribution in [1.82, 2.24) is 0 Å². The maximum absolute atomic E-state index is 6.02. The number of rotatable bonds is 2. The molecule has 2 saturated carbocycles. The SMILES string of the molecule is Cc1cc(Cl)ccc1NC1CCC12CCCCC2. The summed E-state index contributed by atoms with van der Waals surface area (Å²) in [7, 11) is 0. The van der Waals surface area contributed by atoms with Crippen molar-refractivity contribution < 1.29 is 0 Å². The third kappa shape index (κ3) is 2.14. The first kappa shape index (κ1) is 12.3. The molecule has 2 fully saturated rings. The van der Waals surface area contributed by atoms with Gasteiger partial charge in [-0.1, -0.05) is 30.9 Å². The van der Waals surface area contributed by atoms with Crippen LogP contribution in [0.3, 0.4) is 0 Å². The zero-order valence-electron chi connectivity index (χ0n) is 11.1. The molecule has 2 aliphatic carbocycles. The molecule has 1 aromatic rings. The fraction of sp³-hybridized carbons (Fsp3) is 0.625. The van der Waals surface area contributed by atoms with Crippen molar-refractivity contribution in [2.75, 3.05) is 5.32 Å². The summed E-state index contributed by atoms with van der Waals surface area (Å²) in [4.78, 5) is 0. The quantitative estimate of drug-likeness (QED) is 0.776. The molecule has 0 aliphatic heterocycles. The lowest BCUT2D eigenvalue weighted by atomic mass is 9.57. The first-order valence-corrected chi connectivity index (χ1v) is 7.60. The molecule has 3 rings (SSSR count). The van der Waals surface area contributed by atoms with Crippen LogP contribution in [0.4, 0.5) is 5.69 Å². The summed E-state index contributed by atoms with van der Waals surface area (Å²) in [5.41, 5.74) is 3.15. The third-order valence-corrected chi connectivity index (χ3v) is 5.27. The largest absolute Gasteiger partial charge is 0.382 e. The molecular weight excluding hydrogens is 242 g/mol. The number of hydrogen-bond donors (Lipinski definition) is 1. The summed E-state index contributed by atoms with van der Waals surface area (Å²) in [6, 6.07) is 6.86. The predicted octanol–water partition coefficient (Wildman–Crippen LogP) is 5.17. The molecule has 1 spiro atoms.